The number of nitro groups is 1. The summed E-state index contributed by atoms with van der Waals surface area (Å²) in [6.45, 7) is 3.83. The molecule has 140 valence electrons. The standard InChI is InChI=1S/C16H18ClN3O4S2/c1-12(13-3-2-4-14(11-13)20(21)22)18-7-9-19(10-8-18)26(23,24)16-6-5-15(17)25-16/h2-6,11-12H,7-10H2,1H3/t12-/m0/s1. The van der Waals surface area contributed by atoms with Gasteiger partial charge in [-0.1, -0.05) is 23.7 Å². The summed E-state index contributed by atoms with van der Waals surface area (Å²) in [5, 5.41) is 11.0. The van der Waals surface area contributed by atoms with Gasteiger partial charge >= 0.3 is 0 Å². The van der Waals surface area contributed by atoms with Crippen LogP contribution in [-0.2, 0) is 10.0 Å². The Morgan fingerprint density at radius 2 is 1.88 bits per heavy atom. The lowest BCUT2D eigenvalue weighted by molar-refractivity contribution is -0.385. The van der Waals surface area contributed by atoms with E-state index in [0.29, 0.717) is 30.5 Å². The number of rotatable bonds is 5. The average Bonchev–Trinajstić information content (AvgIpc) is 3.08. The minimum absolute atomic E-state index is 0.0315. The number of benzene rings is 1. The van der Waals surface area contributed by atoms with Gasteiger partial charge in [-0.3, -0.25) is 15.0 Å². The quantitative estimate of drug-likeness (QED) is 0.552. The first kappa shape index (κ1) is 19.2. The van der Waals surface area contributed by atoms with Crippen LogP contribution < -0.4 is 0 Å². The molecule has 7 nitrogen and oxygen atoms in total. The normalized spacial score (nSPS) is 17.9. The van der Waals surface area contributed by atoms with Crippen LogP contribution in [0.25, 0.3) is 0 Å². The highest BCUT2D eigenvalue weighted by Gasteiger charge is 2.31. The van der Waals surface area contributed by atoms with E-state index in [9.17, 15) is 18.5 Å². The second kappa shape index (κ2) is 7.61. The molecule has 10 heteroatoms. The van der Waals surface area contributed by atoms with E-state index in [0.717, 1.165) is 16.9 Å². The van der Waals surface area contributed by atoms with Crippen LogP contribution in [0.15, 0.2) is 40.6 Å². The van der Waals surface area contributed by atoms with Crippen molar-refractivity contribution in [2.24, 2.45) is 0 Å². The Bertz CT molecular complexity index is 908. The third kappa shape index (κ3) is 3.91. The van der Waals surface area contributed by atoms with Crippen molar-refractivity contribution in [1.29, 1.82) is 0 Å². The molecule has 0 radical (unpaired) electrons. The monoisotopic (exact) mass is 415 g/mol. The number of hydrogen-bond acceptors (Lipinski definition) is 6. The van der Waals surface area contributed by atoms with Crippen LogP contribution in [0, 0.1) is 10.1 Å². The van der Waals surface area contributed by atoms with Crippen molar-refractivity contribution < 1.29 is 13.3 Å². The van der Waals surface area contributed by atoms with E-state index < -0.39 is 14.9 Å². The first-order valence-corrected chi connectivity index (χ1v) is 10.7. The Kier molecular flexibility index (Phi) is 5.64. The first-order valence-electron chi connectivity index (χ1n) is 8.03. The van der Waals surface area contributed by atoms with Crippen LogP contribution in [0.5, 0.6) is 0 Å². The van der Waals surface area contributed by atoms with E-state index in [1.165, 1.54) is 16.4 Å². The molecule has 2 heterocycles. The largest absolute Gasteiger partial charge is 0.294 e. The Labute approximate surface area is 161 Å². The minimum atomic E-state index is -3.52. The van der Waals surface area contributed by atoms with Crippen LogP contribution in [0.2, 0.25) is 4.34 Å². The fourth-order valence-corrected chi connectivity index (χ4v) is 6.06. The van der Waals surface area contributed by atoms with Crippen LogP contribution in [0.3, 0.4) is 0 Å². The van der Waals surface area contributed by atoms with E-state index in [2.05, 4.69) is 4.90 Å². The van der Waals surface area contributed by atoms with E-state index in [4.69, 9.17) is 11.6 Å². The molecule has 0 spiro atoms. The molecule has 1 aromatic heterocycles. The van der Waals surface area contributed by atoms with Gasteiger partial charge in [0.25, 0.3) is 15.7 Å². The van der Waals surface area contributed by atoms with Crippen molar-refractivity contribution in [1.82, 2.24) is 9.21 Å². The first-order chi connectivity index (χ1) is 12.3. The summed E-state index contributed by atoms with van der Waals surface area (Å²) < 4.78 is 27.5. The maximum atomic E-state index is 12.7. The fourth-order valence-electron chi connectivity index (χ4n) is 3.00. The summed E-state index contributed by atoms with van der Waals surface area (Å²) >= 11 is 6.91. The fraction of sp³-hybridized carbons (Fsp3) is 0.375. The number of sulfonamides is 1. The van der Waals surface area contributed by atoms with Crippen molar-refractivity contribution in [3.63, 3.8) is 0 Å². The summed E-state index contributed by atoms with van der Waals surface area (Å²) in [6.07, 6.45) is 0. The van der Waals surface area contributed by atoms with E-state index in [1.54, 1.807) is 18.2 Å². The Morgan fingerprint density at radius 3 is 2.46 bits per heavy atom. The SMILES string of the molecule is C[C@@H](c1cccc([N+](=O)[O-])c1)N1CCN(S(=O)(=O)c2ccc(Cl)s2)CC1. The molecular weight excluding hydrogens is 398 g/mol. The molecule has 3 rings (SSSR count). The highest BCUT2D eigenvalue weighted by Crippen LogP contribution is 2.30. The lowest BCUT2D eigenvalue weighted by atomic mass is 10.1. The van der Waals surface area contributed by atoms with Crippen molar-refractivity contribution in [3.05, 3.63) is 56.4 Å². The molecule has 1 aromatic carbocycles. The Morgan fingerprint density at radius 1 is 1.19 bits per heavy atom. The average molecular weight is 416 g/mol. The molecule has 0 aliphatic carbocycles. The molecule has 1 saturated heterocycles. The molecule has 0 amide bonds. The molecule has 0 bridgehead atoms. The molecule has 1 atom stereocenters. The number of piperazine rings is 1. The molecule has 26 heavy (non-hydrogen) atoms. The van der Waals surface area contributed by atoms with Crippen LogP contribution >= 0.6 is 22.9 Å². The van der Waals surface area contributed by atoms with Crippen LogP contribution in [0.4, 0.5) is 5.69 Å². The smallest absolute Gasteiger partial charge is 0.269 e. The zero-order valence-electron chi connectivity index (χ0n) is 14.0. The van der Waals surface area contributed by atoms with E-state index in [1.807, 2.05) is 13.0 Å². The molecule has 1 fully saturated rings. The van der Waals surface area contributed by atoms with Gasteiger partial charge in [-0.05, 0) is 24.6 Å². The summed E-state index contributed by atoms with van der Waals surface area (Å²) in [4.78, 5) is 12.7. The molecule has 1 aliphatic rings. The maximum absolute atomic E-state index is 12.7. The van der Waals surface area contributed by atoms with Gasteiger partial charge in [-0.15, -0.1) is 11.3 Å². The molecule has 0 N–H and O–H groups in total. The Hall–Kier alpha value is -1.52. The third-order valence-electron chi connectivity index (χ3n) is 4.53. The molecule has 1 aliphatic heterocycles. The van der Waals surface area contributed by atoms with Crippen molar-refractivity contribution in [3.8, 4) is 0 Å². The van der Waals surface area contributed by atoms with Gasteiger partial charge in [-0.25, -0.2) is 8.42 Å². The van der Waals surface area contributed by atoms with Crippen molar-refractivity contribution in [2.45, 2.75) is 17.2 Å². The van der Waals surface area contributed by atoms with Crippen molar-refractivity contribution in [2.75, 3.05) is 26.2 Å². The summed E-state index contributed by atoms with van der Waals surface area (Å²) in [7, 11) is -3.52. The maximum Gasteiger partial charge on any atom is 0.269 e. The van der Waals surface area contributed by atoms with Gasteiger partial charge in [0.05, 0.1) is 9.26 Å². The predicted octanol–water partition coefficient (Wildman–Crippen LogP) is 3.38. The molecular formula is C16H18ClN3O4S2. The number of nitro benzene ring substituents is 1. The number of nitrogens with zero attached hydrogens (tertiary/aromatic N) is 3. The number of thiophene rings is 1. The highest BCUT2D eigenvalue weighted by atomic mass is 35.5. The number of hydrogen-bond donors (Lipinski definition) is 0. The van der Waals surface area contributed by atoms with Gasteiger partial charge < -0.3 is 0 Å². The minimum Gasteiger partial charge on any atom is -0.294 e. The predicted molar refractivity (Wildman–Crippen MR) is 101 cm³/mol. The van der Waals surface area contributed by atoms with Gasteiger partial charge in [0.1, 0.15) is 4.21 Å². The lowest BCUT2D eigenvalue weighted by Crippen LogP contribution is -2.49. The second-order valence-electron chi connectivity index (χ2n) is 6.03. The zero-order chi connectivity index (χ0) is 18.9. The van der Waals surface area contributed by atoms with Gasteiger partial charge in [0, 0.05) is 44.4 Å². The topological polar surface area (TPSA) is 83.8 Å². The van der Waals surface area contributed by atoms with Gasteiger partial charge in [0.15, 0.2) is 0 Å². The third-order valence-corrected chi connectivity index (χ3v) is 8.12. The highest BCUT2D eigenvalue weighted by molar-refractivity contribution is 7.91. The second-order valence-corrected chi connectivity index (χ2v) is 9.91. The summed E-state index contributed by atoms with van der Waals surface area (Å²) in [5.74, 6) is 0. The molecule has 0 unspecified atom stereocenters. The van der Waals surface area contributed by atoms with Crippen LogP contribution in [0.1, 0.15) is 18.5 Å². The van der Waals surface area contributed by atoms with Crippen LogP contribution in [-0.4, -0.2) is 48.7 Å². The molecule has 0 saturated carbocycles. The van der Waals surface area contributed by atoms with E-state index >= 15 is 0 Å². The zero-order valence-corrected chi connectivity index (χ0v) is 16.4. The molecule has 2 aromatic rings. The Balaban J connectivity index is 1.68. The van der Waals surface area contributed by atoms with E-state index in [-0.39, 0.29) is 15.9 Å². The van der Waals surface area contributed by atoms with Gasteiger partial charge in [-0.2, -0.15) is 4.31 Å². The summed E-state index contributed by atoms with van der Waals surface area (Å²) in [6, 6.07) is 9.64. The van der Waals surface area contributed by atoms with Gasteiger partial charge in [0.2, 0.25) is 0 Å². The number of halogens is 1. The summed E-state index contributed by atoms with van der Waals surface area (Å²) in [5.41, 5.74) is 0.908. The number of non-ortho nitro benzene ring substituents is 1. The lowest BCUT2D eigenvalue weighted by Gasteiger charge is -2.37. The van der Waals surface area contributed by atoms with Crippen molar-refractivity contribution >= 4 is 38.6 Å².